The highest BCUT2D eigenvalue weighted by molar-refractivity contribution is 5.83. The van der Waals surface area contributed by atoms with Gasteiger partial charge in [-0.1, -0.05) is 0 Å². The van der Waals surface area contributed by atoms with E-state index in [2.05, 4.69) is 5.32 Å². The van der Waals surface area contributed by atoms with Crippen molar-refractivity contribution in [1.82, 2.24) is 5.32 Å². The third-order valence-electron chi connectivity index (χ3n) is 2.66. The zero-order valence-corrected chi connectivity index (χ0v) is 8.64. The molecular weight excluding hydrogens is 202 g/mol. The SMILES string of the molecule is CC1(C)O[C@H]2[C@@H](O)[C@@H](CO)NC(=O)[C@H]2O1. The number of hydrogen-bond acceptors (Lipinski definition) is 5. The minimum Gasteiger partial charge on any atom is -0.394 e. The molecule has 0 aromatic heterocycles. The fourth-order valence-electron chi connectivity index (χ4n) is 1.97. The van der Waals surface area contributed by atoms with Crippen LogP contribution in [0.1, 0.15) is 13.8 Å². The molecule has 0 saturated carbocycles. The van der Waals surface area contributed by atoms with Gasteiger partial charge in [0.2, 0.25) is 0 Å². The number of hydrogen-bond donors (Lipinski definition) is 3. The second kappa shape index (κ2) is 3.41. The van der Waals surface area contributed by atoms with E-state index in [9.17, 15) is 9.90 Å². The Hall–Kier alpha value is -0.690. The predicted molar refractivity (Wildman–Crippen MR) is 48.8 cm³/mol. The fourth-order valence-corrected chi connectivity index (χ4v) is 1.97. The lowest BCUT2D eigenvalue weighted by atomic mass is 9.96. The molecule has 2 aliphatic rings. The van der Waals surface area contributed by atoms with Gasteiger partial charge in [-0.2, -0.15) is 0 Å². The van der Waals surface area contributed by atoms with E-state index < -0.39 is 30.1 Å². The maximum atomic E-state index is 11.5. The van der Waals surface area contributed by atoms with Crippen LogP contribution in [0.3, 0.4) is 0 Å². The summed E-state index contributed by atoms with van der Waals surface area (Å²) in [5, 5.41) is 21.2. The summed E-state index contributed by atoms with van der Waals surface area (Å²) in [6.07, 6.45) is -2.44. The molecule has 0 unspecified atom stereocenters. The van der Waals surface area contributed by atoms with E-state index in [-0.39, 0.29) is 12.5 Å². The van der Waals surface area contributed by atoms with Crippen molar-refractivity contribution in [2.75, 3.05) is 6.61 Å². The topological polar surface area (TPSA) is 88.0 Å². The summed E-state index contributed by atoms with van der Waals surface area (Å²) in [6.45, 7) is 3.04. The maximum absolute atomic E-state index is 11.5. The van der Waals surface area contributed by atoms with E-state index in [1.807, 2.05) is 0 Å². The molecule has 0 radical (unpaired) electrons. The van der Waals surface area contributed by atoms with Crippen LogP contribution in [0, 0.1) is 0 Å². The van der Waals surface area contributed by atoms with E-state index in [0.29, 0.717) is 0 Å². The number of carbonyl (C=O) groups is 1. The molecule has 6 heteroatoms. The van der Waals surface area contributed by atoms with E-state index in [0.717, 1.165) is 0 Å². The van der Waals surface area contributed by atoms with Crippen LogP contribution in [-0.2, 0) is 14.3 Å². The van der Waals surface area contributed by atoms with Crippen molar-refractivity contribution in [2.45, 2.75) is 44.0 Å². The van der Waals surface area contributed by atoms with Crippen LogP contribution in [0.5, 0.6) is 0 Å². The molecule has 4 atom stereocenters. The van der Waals surface area contributed by atoms with Crippen LogP contribution < -0.4 is 5.32 Å². The first-order valence-electron chi connectivity index (χ1n) is 4.89. The first kappa shape index (κ1) is 10.8. The molecule has 3 N–H and O–H groups in total. The molecule has 2 rings (SSSR count). The molecule has 0 aromatic rings. The third-order valence-corrected chi connectivity index (χ3v) is 2.66. The van der Waals surface area contributed by atoms with Gasteiger partial charge < -0.3 is 25.0 Å². The largest absolute Gasteiger partial charge is 0.394 e. The standard InChI is InChI=1S/C9H15NO5/c1-9(2)14-6-5(12)4(3-11)10-8(13)7(6)15-9/h4-7,11-12H,3H2,1-2H3,(H,10,13)/t4-,5+,6+,7+/m1/s1. The van der Waals surface area contributed by atoms with E-state index >= 15 is 0 Å². The average Bonchev–Trinajstić information content (AvgIpc) is 2.48. The van der Waals surface area contributed by atoms with Crippen molar-refractivity contribution < 1.29 is 24.5 Å². The molecule has 2 heterocycles. The number of ether oxygens (including phenoxy) is 2. The lowest BCUT2D eigenvalue weighted by Crippen LogP contribution is -2.62. The molecule has 15 heavy (non-hydrogen) atoms. The highest BCUT2D eigenvalue weighted by Gasteiger charge is 2.53. The van der Waals surface area contributed by atoms with Gasteiger partial charge in [-0.25, -0.2) is 0 Å². The lowest BCUT2D eigenvalue weighted by molar-refractivity contribution is -0.156. The lowest BCUT2D eigenvalue weighted by Gasteiger charge is -2.33. The molecule has 0 aromatic carbocycles. The van der Waals surface area contributed by atoms with Crippen LogP contribution in [-0.4, -0.2) is 52.9 Å². The minimum atomic E-state index is -0.945. The number of amides is 1. The average molecular weight is 217 g/mol. The van der Waals surface area contributed by atoms with Gasteiger partial charge in [0.25, 0.3) is 5.91 Å². The highest BCUT2D eigenvalue weighted by atomic mass is 16.8. The van der Waals surface area contributed by atoms with Crippen LogP contribution in [0.25, 0.3) is 0 Å². The Kier molecular flexibility index (Phi) is 2.46. The predicted octanol–water partition coefficient (Wildman–Crippen LogP) is -1.64. The van der Waals surface area contributed by atoms with Crippen LogP contribution >= 0.6 is 0 Å². The van der Waals surface area contributed by atoms with Crippen molar-refractivity contribution in [3.05, 3.63) is 0 Å². The van der Waals surface area contributed by atoms with Gasteiger partial charge in [-0.15, -0.1) is 0 Å². The summed E-state index contributed by atoms with van der Waals surface area (Å²) in [6, 6.07) is -0.684. The van der Waals surface area contributed by atoms with Gasteiger partial charge in [0, 0.05) is 0 Å². The fraction of sp³-hybridized carbons (Fsp3) is 0.889. The summed E-state index contributed by atoms with van der Waals surface area (Å²) in [7, 11) is 0. The monoisotopic (exact) mass is 217 g/mol. The summed E-state index contributed by atoms with van der Waals surface area (Å²) in [5.41, 5.74) is 0. The molecule has 1 amide bonds. The Bertz CT molecular complexity index is 280. The smallest absolute Gasteiger partial charge is 0.252 e. The quantitative estimate of drug-likeness (QED) is 0.490. The van der Waals surface area contributed by atoms with E-state index in [4.69, 9.17) is 14.6 Å². The van der Waals surface area contributed by atoms with Gasteiger partial charge in [0.15, 0.2) is 11.9 Å². The Labute approximate surface area is 87.2 Å². The number of rotatable bonds is 1. The summed E-state index contributed by atoms with van der Waals surface area (Å²) in [5.74, 6) is -1.23. The van der Waals surface area contributed by atoms with E-state index in [1.165, 1.54) is 0 Å². The second-order valence-corrected chi connectivity index (χ2v) is 4.31. The number of carbonyl (C=O) groups excluding carboxylic acids is 1. The maximum Gasteiger partial charge on any atom is 0.252 e. The van der Waals surface area contributed by atoms with Crippen molar-refractivity contribution in [3.63, 3.8) is 0 Å². The second-order valence-electron chi connectivity index (χ2n) is 4.31. The molecule has 2 fully saturated rings. The summed E-state index contributed by atoms with van der Waals surface area (Å²) in [4.78, 5) is 11.5. The Balaban J connectivity index is 2.20. The molecule has 0 spiro atoms. The highest BCUT2D eigenvalue weighted by Crippen LogP contribution is 2.33. The Morgan fingerprint density at radius 3 is 2.73 bits per heavy atom. The summed E-state index contributed by atoms with van der Waals surface area (Å²) < 4.78 is 10.8. The molecule has 2 aliphatic heterocycles. The van der Waals surface area contributed by atoms with Gasteiger partial charge in [-0.3, -0.25) is 4.79 Å². The Morgan fingerprint density at radius 1 is 1.47 bits per heavy atom. The first-order valence-corrected chi connectivity index (χ1v) is 4.89. The van der Waals surface area contributed by atoms with Crippen molar-refractivity contribution in [2.24, 2.45) is 0 Å². The number of piperidine rings is 1. The first-order chi connectivity index (χ1) is 6.94. The number of fused-ring (bicyclic) bond motifs is 1. The van der Waals surface area contributed by atoms with E-state index in [1.54, 1.807) is 13.8 Å². The zero-order valence-electron chi connectivity index (χ0n) is 8.64. The van der Waals surface area contributed by atoms with Gasteiger partial charge >= 0.3 is 0 Å². The Morgan fingerprint density at radius 2 is 2.13 bits per heavy atom. The molecule has 0 aliphatic carbocycles. The minimum absolute atomic E-state index is 0.320. The zero-order chi connectivity index (χ0) is 11.2. The van der Waals surface area contributed by atoms with Gasteiger partial charge in [0.05, 0.1) is 12.6 Å². The molecule has 86 valence electrons. The van der Waals surface area contributed by atoms with Crippen LogP contribution in [0.4, 0.5) is 0 Å². The molecule has 0 bridgehead atoms. The van der Waals surface area contributed by atoms with Gasteiger partial charge in [-0.05, 0) is 13.8 Å². The normalized spacial score (nSPS) is 43.6. The molecule has 2 saturated heterocycles. The van der Waals surface area contributed by atoms with Crippen LogP contribution in [0.2, 0.25) is 0 Å². The molecular formula is C9H15NO5. The van der Waals surface area contributed by atoms with Crippen molar-refractivity contribution >= 4 is 5.91 Å². The summed E-state index contributed by atoms with van der Waals surface area (Å²) >= 11 is 0. The number of nitrogens with one attached hydrogen (secondary N) is 1. The van der Waals surface area contributed by atoms with Crippen molar-refractivity contribution in [1.29, 1.82) is 0 Å². The van der Waals surface area contributed by atoms with Crippen molar-refractivity contribution in [3.8, 4) is 0 Å². The number of aliphatic hydroxyl groups excluding tert-OH is 2. The van der Waals surface area contributed by atoms with Crippen LogP contribution in [0.15, 0.2) is 0 Å². The molecule has 6 nitrogen and oxygen atoms in total. The number of aliphatic hydroxyl groups is 2. The van der Waals surface area contributed by atoms with Gasteiger partial charge in [0.1, 0.15) is 12.2 Å². The third kappa shape index (κ3) is 1.74.